The first-order valence-electron chi connectivity index (χ1n) is 7.13. The van der Waals surface area contributed by atoms with Crippen molar-refractivity contribution in [3.63, 3.8) is 0 Å². The van der Waals surface area contributed by atoms with Gasteiger partial charge in [0, 0.05) is 23.9 Å². The fourth-order valence-corrected chi connectivity index (χ4v) is 3.79. The molecule has 1 atom stereocenters. The van der Waals surface area contributed by atoms with Crippen molar-refractivity contribution in [1.82, 2.24) is 4.90 Å². The van der Waals surface area contributed by atoms with Crippen molar-refractivity contribution in [3.05, 3.63) is 63.6 Å². The molecule has 0 aromatic heterocycles. The number of sulfone groups is 1. The molecular weight excluding hydrogens is 369 g/mol. The topological polar surface area (TPSA) is 54.5 Å². The summed E-state index contributed by atoms with van der Waals surface area (Å²) in [6.07, 6.45) is 1.06. The number of hydrogen-bond donors (Lipinski definition) is 0. The summed E-state index contributed by atoms with van der Waals surface area (Å²) >= 11 is 11.9. The third-order valence-corrected chi connectivity index (χ3v) is 5.62. The first kappa shape index (κ1) is 18.8. The van der Waals surface area contributed by atoms with Crippen molar-refractivity contribution in [1.29, 1.82) is 0 Å². The molecule has 24 heavy (non-hydrogen) atoms. The smallest absolute Gasteiger partial charge is 0.254 e. The molecule has 1 amide bonds. The van der Waals surface area contributed by atoms with Crippen LogP contribution in [-0.2, 0) is 9.84 Å². The molecule has 128 valence electrons. The Balaban J connectivity index is 2.34. The number of amides is 1. The lowest BCUT2D eigenvalue weighted by atomic mass is 10.1. The normalized spacial score (nSPS) is 12.7. The maximum Gasteiger partial charge on any atom is 0.254 e. The lowest BCUT2D eigenvalue weighted by Crippen LogP contribution is -2.29. The van der Waals surface area contributed by atoms with Crippen LogP contribution in [0.2, 0.25) is 10.0 Å². The van der Waals surface area contributed by atoms with Crippen LogP contribution < -0.4 is 0 Å². The average molecular weight is 386 g/mol. The second-order valence-electron chi connectivity index (χ2n) is 5.56. The van der Waals surface area contributed by atoms with Crippen molar-refractivity contribution in [2.45, 2.75) is 17.9 Å². The van der Waals surface area contributed by atoms with Gasteiger partial charge < -0.3 is 4.90 Å². The van der Waals surface area contributed by atoms with Gasteiger partial charge >= 0.3 is 0 Å². The molecule has 2 aromatic carbocycles. The van der Waals surface area contributed by atoms with E-state index in [2.05, 4.69) is 0 Å². The molecule has 0 spiro atoms. The lowest BCUT2D eigenvalue weighted by molar-refractivity contribution is 0.0742. The zero-order valence-electron chi connectivity index (χ0n) is 13.5. The summed E-state index contributed by atoms with van der Waals surface area (Å²) in [7, 11) is -1.86. The zero-order chi connectivity index (χ0) is 18.1. The van der Waals surface area contributed by atoms with Gasteiger partial charge in [-0.25, -0.2) is 8.42 Å². The molecule has 0 N–H and O–H groups in total. The van der Waals surface area contributed by atoms with Crippen molar-refractivity contribution >= 4 is 38.9 Å². The molecule has 0 aliphatic carbocycles. The molecule has 4 nitrogen and oxygen atoms in total. The SMILES string of the molecule is CC(c1cccc(Cl)c1)N(C)C(=O)c1ccc(Cl)c(S(C)(=O)=O)c1. The Labute approximate surface area is 151 Å². The van der Waals surface area contributed by atoms with Crippen LogP contribution in [0.15, 0.2) is 47.4 Å². The highest BCUT2D eigenvalue weighted by molar-refractivity contribution is 7.90. The van der Waals surface area contributed by atoms with Gasteiger partial charge in [0.25, 0.3) is 5.91 Å². The van der Waals surface area contributed by atoms with E-state index in [1.54, 1.807) is 19.2 Å². The Kier molecular flexibility index (Phi) is 5.58. The third kappa shape index (κ3) is 4.09. The van der Waals surface area contributed by atoms with Gasteiger partial charge in [-0.15, -0.1) is 0 Å². The molecule has 0 saturated heterocycles. The van der Waals surface area contributed by atoms with E-state index >= 15 is 0 Å². The number of carbonyl (C=O) groups excluding carboxylic acids is 1. The maximum absolute atomic E-state index is 12.7. The number of carbonyl (C=O) groups is 1. The average Bonchev–Trinajstić information content (AvgIpc) is 2.52. The van der Waals surface area contributed by atoms with Crippen molar-refractivity contribution < 1.29 is 13.2 Å². The maximum atomic E-state index is 12.7. The lowest BCUT2D eigenvalue weighted by Gasteiger charge is -2.26. The van der Waals surface area contributed by atoms with Crippen molar-refractivity contribution in [2.24, 2.45) is 0 Å². The van der Waals surface area contributed by atoms with Gasteiger partial charge in [-0.3, -0.25) is 4.79 Å². The highest BCUT2D eigenvalue weighted by atomic mass is 35.5. The third-order valence-electron chi connectivity index (χ3n) is 3.81. The number of halogens is 2. The first-order chi connectivity index (χ1) is 11.1. The van der Waals surface area contributed by atoms with Gasteiger partial charge in [-0.2, -0.15) is 0 Å². The number of nitrogens with zero attached hydrogens (tertiary/aromatic N) is 1. The van der Waals surface area contributed by atoms with E-state index < -0.39 is 9.84 Å². The van der Waals surface area contributed by atoms with Crippen LogP contribution in [0.25, 0.3) is 0 Å². The molecule has 0 bridgehead atoms. The van der Waals surface area contributed by atoms with Crippen LogP contribution in [0.1, 0.15) is 28.9 Å². The summed E-state index contributed by atoms with van der Waals surface area (Å²) in [6, 6.07) is 11.3. The Morgan fingerprint density at radius 2 is 1.79 bits per heavy atom. The van der Waals surface area contributed by atoms with E-state index in [4.69, 9.17) is 23.2 Å². The molecule has 2 rings (SSSR count). The minimum absolute atomic E-state index is 0.0566. The summed E-state index contributed by atoms with van der Waals surface area (Å²) in [4.78, 5) is 14.2. The summed E-state index contributed by atoms with van der Waals surface area (Å²) in [6.45, 7) is 1.87. The van der Waals surface area contributed by atoms with Gasteiger partial charge in [0.2, 0.25) is 0 Å². The van der Waals surface area contributed by atoms with Crippen LogP contribution in [-0.4, -0.2) is 32.5 Å². The summed E-state index contributed by atoms with van der Waals surface area (Å²) in [5.41, 5.74) is 1.15. The molecule has 7 heteroatoms. The van der Waals surface area contributed by atoms with Gasteiger partial charge in [0.15, 0.2) is 9.84 Å². The molecule has 0 fully saturated rings. The summed E-state index contributed by atoms with van der Waals surface area (Å²) in [5.74, 6) is -0.302. The Morgan fingerprint density at radius 3 is 2.38 bits per heavy atom. The van der Waals surface area contributed by atoms with E-state index in [0.717, 1.165) is 11.8 Å². The van der Waals surface area contributed by atoms with E-state index in [-0.39, 0.29) is 27.4 Å². The van der Waals surface area contributed by atoms with Crippen LogP contribution in [0.4, 0.5) is 0 Å². The molecule has 0 aliphatic rings. The first-order valence-corrected chi connectivity index (χ1v) is 9.78. The second-order valence-corrected chi connectivity index (χ2v) is 8.39. The predicted molar refractivity (Wildman–Crippen MR) is 96.5 cm³/mol. The molecule has 2 aromatic rings. The minimum atomic E-state index is -3.51. The van der Waals surface area contributed by atoms with E-state index in [0.29, 0.717) is 5.02 Å². The second kappa shape index (κ2) is 7.13. The van der Waals surface area contributed by atoms with Crippen LogP contribution in [0.5, 0.6) is 0 Å². The molecule has 0 radical (unpaired) electrons. The molecular formula is C17H17Cl2NO3S. The van der Waals surface area contributed by atoms with Crippen LogP contribution in [0.3, 0.4) is 0 Å². The summed E-state index contributed by atoms with van der Waals surface area (Å²) in [5, 5.41) is 0.686. The fraction of sp³-hybridized carbons (Fsp3) is 0.235. The number of rotatable bonds is 4. The zero-order valence-corrected chi connectivity index (χ0v) is 15.8. The van der Waals surface area contributed by atoms with Gasteiger partial charge in [-0.05, 0) is 42.8 Å². The van der Waals surface area contributed by atoms with Crippen molar-refractivity contribution in [2.75, 3.05) is 13.3 Å². The fourth-order valence-electron chi connectivity index (χ4n) is 2.29. The predicted octanol–water partition coefficient (Wildman–Crippen LogP) is 4.23. The molecule has 0 aliphatic heterocycles. The highest BCUT2D eigenvalue weighted by Gasteiger charge is 2.21. The van der Waals surface area contributed by atoms with E-state index in [9.17, 15) is 13.2 Å². The monoisotopic (exact) mass is 385 g/mol. The van der Waals surface area contributed by atoms with Crippen LogP contribution in [0, 0.1) is 0 Å². The molecule has 1 unspecified atom stereocenters. The van der Waals surface area contributed by atoms with Crippen LogP contribution >= 0.6 is 23.2 Å². The largest absolute Gasteiger partial charge is 0.335 e. The van der Waals surface area contributed by atoms with Gasteiger partial charge in [-0.1, -0.05) is 35.3 Å². The van der Waals surface area contributed by atoms with Crippen molar-refractivity contribution in [3.8, 4) is 0 Å². The van der Waals surface area contributed by atoms with Gasteiger partial charge in [0.05, 0.1) is 16.0 Å². The quantitative estimate of drug-likeness (QED) is 0.790. The van der Waals surface area contributed by atoms with Gasteiger partial charge in [0.1, 0.15) is 0 Å². The number of benzene rings is 2. The highest BCUT2D eigenvalue weighted by Crippen LogP contribution is 2.26. The standard InChI is InChI=1S/C17H17Cl2NO3S/c1-11(12-5-4-6-14(18)9-12)20(2)17(21)13-7-8-15(19)16(10-13)24(3,22)23/h4-11H,1-3H3. The van der Waals surface area contributed by atoms with E-state index in [1.807, 2.05) is 19.1 Å². The Hall–Kier alpha value is -1.56. The Morgan fingerprint density at radius 1 is 1.12 bits per heavy atom. The molecule has 0 heterocycles. The summed E-state index contributed by atoms with van der Waals surface area (Å²) < 4.78 is 23.5. The Bertz CT molecular complexity index is 881. The molecule has 0 saturated carbocycles. The minimum Gasteiger partial charge on any atom is -0.335 e. The number of hydrogen-bond acceptors (Lipinski definition) is 3. The van der Waals surface area contributed by atoms with E-state index in [1.165, 1.54) is 23.1 Å².